The number of fused-ring (bicyclic) bond motifs is 7. The molecule has 0 spiro atoms. The van der Waals surface area contributed by atoms with Crippen molar-refractivity contribution in [3.05, 3.63) is 199 Å². The average molecular weight is 816 g/mol. The number of furan rings is 2. The predicted molar refractivity (Wildman–Crippen MR) is 267 cm³/mol. The molecule has 0 saturated carbocycles. The van der Waals surface area contributed by atoms with Crippen molar-refractivity contribution in [3.8, 4) is 33.4 Å². The first-order valence-corrected chi connectivity index (χ1v) is 22.0. The summed E-state index contributed by atoms with van der Waals surface area (Å²) in [7, 11) is 0. The van der Waals surface area contributed by atoms with E-state index >= 15 is 0 Å². The highest BCUT2D eigenvalue weighted by molar-refractivity contribution is 6.10. The van der Waals surface area contributed by atoms with E-state index in [1.165, 1.54) is 38.6 Å². The Kier molecular flexibility index (Phi) is 8.96. The van der Waals surface area contributed by atoms with Gasteiger partial charge in [-0.2, -0.15) is 0 Å². The zero-order valence-electron chi connectivity index (χ0n) is 36.7. The van der Waals surface area contributed by atoms with Gasteiger partial charge in [0.05, 0.1) is 5.69 Å². The third kappa shape index (κ3) is 6.76. The Balaban J connectivity index is 1.14. The van der Waals surface area contributed by atoms with Crippen LogP contribution >= 0.6 is 0 Å². The van der Waals surface area contributed by atoms with Gasteiger partial charge in [0, 0.05) is 44.5 Å². The number of hydrogen-bond donors (Lipinski definition) is 0. The standard InChI is InChI=1S/C60H49NO2/c1-59(2,3)42-32-41(33-43(36-42)60(4,5)6)46-23-14-16-38-17-15-24-51(58(38)46)47-20-7-10-25-53(47)61(45-29-30-50-48-21-8-11-26-54(48)63-57(50)37-45)44-19-13-18-39(34-44)40-28-31-56-52(35-40)49-22-9-12-27-55(49)62-56/h7-37H,1-6H3. The van der Waals surface area contributed by atoms with E-state index in [1.54, 1.807) is 0 Å². The van der Waals surface area contributed by atoms with Crippen LogP contribution in [0.4, 0.5) is 17.1 Å². The third-order valence-corrected chi connectivity index (χ3v) is 12.8. The number of nitrogens with zero attached hydrogens (tertiary/aromatic N) is 1. The van der Waals surface area contributed by atoms with Crippen LogP contribution in [0, 0.1) is 0 Å². The number of hydrogen-bond acceptors (Lipinski definition) is 3. The molecular weight excluding hydrogens is 767 g/mol. The predicted octanol–water partition coefficient (Wildman–Crippen LogP) is 17.7. The average Bonchev–Trinajstić information content (AvgIpc) is 3.86. The van der Waals surface area contributed by atoms with Crippen molar-refractivity contribution in [1.82, 2.24) is 0 Å². The molecule has 2 heterocycles. The van der Waals surface area contributed by atoms with Crippen molar-refractivity contribution in [3.63, 3.8) is 0 Å². The molecule has 0 fully saturated rings. The Morgan fingerprint density at radius 1 is 0.349 bits per heavy atom. The molecule has 11 aromatic rings. The molecule has 0 aliphatic carbocycles. The summed E-state index contributed by atoms with van der Waals surface area (Å²) in [6.45, 7) is 13.9. The minimum absolute atomic E-state index is 0.00985. The third-order valence-electron chi connectivity index (χ3n) is 12.8. The highest BCUT2D eigenvalue weighted by Crippen LogP contribution is 2.47. The second kappa shape index (κ2) is 14.6. The highest BCUT2D eigenvalue weighted by Gasteiger charge is 2.24. The summed E-state index contributed by atoms with van der Waals surface area (Å²) in [5, 5.41) is 6.89. The SMILES string of the molecule is CC(C)(C)c1cc(-c2cccc3cccc(-c4ccccc4N(c4cccc(-c5ccc6oc7ccccc7c6c5)c4)c4ccc5c(c4)oc4ccccc45)c23)cc(C(C)(C)C)c1. The Bertz CT molecular complexity index is 3510. The first-order chi connectivity index (χ1) is 30.5. The van der Waals surface area contributed by atoms with E-state index in [0.717, 1.165) is 77.6 Å². The first kappa shape index (κ1) is 38.6. The molecule has 0 unspecified atom stereocenters. The van der Waals surface area contributed by atoms with Crippen molar-refractivity contribution in [1.29, 1.82) is 0 Å². The van der Waals surface area contributed by atoms with Crippen LogP contribution < -0.4 is 4.90 Å². The van der Waals surface area contributed by atoms with Crippen LogP contribution in [0.1, 0.15) is 52.7 Å². The summed E-state index contributed by atoms with van der Waals surface area (Å²) >= 11 is 0. The van der Waals surface area contributed by atoms with Gasteiger partial charge < -0.3 is 13.7 Å². The van der Waals surface area contributed by atoms with Gasteiger partial charge in [-0.15, -0.1) is 0 Å². The minimum Gasteiger partial charge on any atom is -0.456 e. The molecule has 63 heavy (non-hydrogen) atoms. The quantitative estimate of drug-likeness (QED) is 0.167. The molecule has 0 radical (unpaired) electrons. The maximum Gasteiger partial charge on any atom is 0.137 e. The Hall–Kier alpha value is -7.36. The van der Waals surface area contributed by atoms with Gasteiger partial charge in [-0.25, -0.2) is 0 Å². The molecule has 0 amide bonds. The maximum atomic E-state index is 6.55. The second-order valence-electron chi connectivity index (χ2n) is 19.0. The van der Waals surface area contributed by atoms with Crippen LogP contribution in [0.15, 0.2) is 197 Å². The molecular formula is C60H49NO2. The van der Waals surface area contributed by atoms with Gasteiger partial charge >= 0.3 is 0 Å². The fourth-order valence-electron chi connectivity index (χ4n) is 9.36. The smallest absolute Gasteiger partial charge is 0.137 e. The fraction of sp³-hybridized carbons (Fsp3) is 0.133. The normalized spacial score (nSPS) is 12.3. The summed E-state index contributed by atoms with van der Waals surface area (Å²) in [6.07, 6.45) is 0. The molecule has 0 bridgehead atoms. The van der Waals surface area contributed by atoms with Gasteiger partial charge in [0.2, 0.25) is 0 Å². The lowest BCUT2D eigenvalue weighted by Crippen LogP contribution is -2.16. The molecule has 0 atom stereocenters. The summed E-state index contributed by atoms with van der Waals surface area (Å²) in [5.41, 5.74) is 16.3. The number of benzene rings is 9. The Labute approximate surface area is 368 Å². The van der Waals surface area contributed by atoms with Gasteiger partial charge in [0.15, 0.2) is 0 Å². The van der Waals surface area contributed by atoms with Crippen LogP contribution in [-0.4, -0.2) is 0 Å². The lowest BCUT2D eigenvalue weighted by atomic mass is 9.78. The lowest BCUT2D eigenvalue weighted by molar-refractivity contribution is 0.569. The van der Waals surface area contributed by atoms with Crippen molar-refractivity contribution in [2.24, 2.45) is 0 Å². The molecule has 0 N–H and O–H groups in total. The topological polar surface area (TPSA) is 29.5 Å². The molecule has 3 nitrogen and oxygen atoms in total. The number of para-hydroxylation sites is 3. The molecule has 0 saturated heterocycles. The van der Waals surface area contributed by atoms with Gasteiger partial charge in [-0.3, -0.25) is 0 Å². The van der Waals surface area contributed by atoms with E-state index in [9.17, 15) is 0 Å². The van der Waals surface area contributed by atoms with Crippen molar-refractivity contribution >= 4 is 71.7 Å². The van der Waals surface area contributed by atoms with Crippen LogP contribution in [0.25, 0.3) is 88.0 Å². The number of rotatable bonds is 6. The zero-order valence-corrected chi connectivity index (χ0v) is 36.7. The van der Waals surface area contributed by atoms with E-state index in [4.69, 9.17) is 8.83 Å². The summed E-state index contributed by atoms with van der Waals surface area (Å²) < 4.78 is 12.8. The summed E-state index contributed by atoms with van der Waals surface area (Å²) in [5.74, 6) is 0. The molecule has 2 aromatic heterocycles. The lowest BCUT2D eigenvalue weighted by Gasteiger charge is -2.29. The largest absolute Gasteiger partial charge is 0.456 e. The van der Waals surface area contributed by atoms with Crippen molar-refractivity contribution in [2.45, 2.75) is 52.4 Å². The number of anilines is 3. The highest BCUT2D eigenvalue weighted by atomic mass is 16.3. The van der Waals surface area contributed by atoms with Gasteiger partial charge in [-0.05, 0) is 115 Å². The van der Waals surface area contributed by atoms with E-state index < -0.39 is 0 Å². The molecule has 0 aliphatic heterocycles. The van der Waals surface area contributed by atoms with E-state index in [-0.39, 0.29) is 10.8 Å². The molecule has 11 rings (SSSR count). The minimum atomic E-state index is -0.00985. The van der Waals surface area contributed by atoms with Gasteiger partial charge in [0.1, 0.15) is 22.3 Å². The first-order valence-electron chi connectivity index (χ1n) is 22.0. The second-order valence-corrected chi connectivity index (χ2v) is 19.0. The van der Waals surface area contributed by atoms with Crippen molar-refractivity contribution in [2.75, 3.05) is 4.90 Å². The van der Waals surface area contributed by atoms with Crippen molar-refractivity contribution < 1.29 is 8.83 Å². The monoisotopic (exact) mass is 815 g/mol. The fourth-order valence-corrected chi connectivity index (χ4v) is 9.36. The summed E-state index contributed by atoms with van der Waals surface area (Å²) in [6, 6.07) is 68.2. The Morgan fingerprint density at radius 3 is 1.63 bits per heavy atom. The summed E-state index contributed by atoms with van der Waals surface area (Å²) in [4.78, 5) is 2.40. The van der Waals surface area contributed by atoms with Crippen LogP contribution in [-0.2, 0) is 10.8 Å². The van der Waals surface area contributed by atoms with Crippen LogP contribution in [0.3, 0.4) is 0 Å². The molecule has 3 heteroatoms. The van der Waals surface area contributed by atoms with E-state index in [1.807, 2.05) is 24.3 Å². The van der Waals surface area contributed by atoms with E-state index in [0.29, 0.717) is 0 Å². The maximum absolute atomic E-state index is 6.55. The van der Waals surface area contributed by atoms with Gasteiger partial charge in [0.25, 0.3) is 0 Å². The Morgan fingerprint density at radius 2 is 0.905 bits per heavy atom. The molecule has 0 aliphatic rings. The van der Waals surface area contributed by atoms with Crippen LogP contribution in [0.5, 0.6) is 0 Å². The molecule has 9 aromatic carbocycles. The molecule has 306 valence electrons. The van der Waals surface area contributed by atoms with Gasteiger partial charge in [-0.1, -0.05) is 169 Å². The van der Waals surface area contributed by atoms with Crippen LogP contribution in [0.2, 0.25) is 0 Å². The zero-order chi connectivity index (χ0) is 43.0. The van der Waals surface area contributed by atoms with E-state index in [2.05, 4.69) is 210 Å².